The average Bonchev–Trinajstić information content (AvgIpc) is 3.05. The number of aromatic nitrogens is 4. The molecule has 10 nitrogen and oxygen atoms in total. The van der Waals surface area contributed by atoms with Gasteiger partial charge < -0.3 is 5.32 Å². The summed E-state index contributed by atoms with van der Waals surface area (Å²) in [4.78, 5) is 40.9. The normalized spacial score (nSPS) is 10.2. The Morgan fingerprint density at radius 1 is 1.41 bits per heavy atom. The third kappa shape index (κ3) is 3.76. The fraction of sp³-hybridized carbons (Fsp3) is 0.250. The number of hydroxylamine groups is 1. The number of carbonyl (C=O) groups is 2. The van der Waals surface area contributed by atoms with E-state index in [1.165, 1.54) is 16.4 Å². The third-order valence-electron chi connectivity index (χ3n) is 2.74. The minimum atomic E-state index is -0.592. The fourth-order valence-corrected chi connectivity index (χ4v) is 1.66. The predicted octanol–water partition coefficient (Wildman–Crippen LogP) is -1.03. The van der Waals surface area contributed by atoms with Crippen LogP contribution in [0, 0.1) is 0 Å². The van der Waals surface area contributed by atoms with Crippen LogP contribution in [0.4, 0.5) is 0 Å². The molecule has 0 aliphatic rings. The summed E-state index contributed by atoms with van der Waals surface area (Å²) in [6.07, 6.45) is 4.68. The average molecular weight is 306 g/mol. The van der Waals surface area contributed by atoms with E-state index in [1.54, 1.807) is 12.3 Å². The van der Waals surface area contributed by atoms with Crippen LogP contribution in [0.2, 0.25) is 0 Å². The monoisotopic (exact) mass is 306 g/mol. The van der Waals surface area contributed by atoms with E-state index in [2.05, 4.69) is 20.4 Å². The van der Waals surface area contributed by atoms with Gasteiger partial charge in [0.25, 0.3) is 11.5 Å². The van der Waals surface area contributed by atoms with Crippen molar-refractivity contribution in [3.8, 4) is 5.95 Å². The molecule has 0 aromatic carbocycles. The number of carbonyl (C=O) groups excluding carboxylic acids is 2. The fourth-order valence-electron chi connectivity index (χ4n) is 1.66. The molecular weight excluding hydrogens is 292 g/mol. The molecule has 10 heteroatoms. The molecule has 2 heterocycles. The highest BCUT2D eigenvalue weighted by Crippen LogP contribution is 1.96. The van der Waals surface area contributed by atoms with E-state index in [-0.39, 0.29) is 24.5 Å². The molecule has 0 aliphatic heterocycles. The van der Waals surface area contributed by atoms with E-state index in [4.69, 9.17) is 5.21 Å². The number of amides is 2. The Bertz CT molecular complexity index is 709. The van der Waals surface area contributed by atoms with Gasteiger partial charge in [-0.25, -0.2) is 15.1 Å². The molecule has 116 valence electrons. The molecule has 2 rings (SSSR count). The Kier molecular flexibility index (Phi) is 4.98. The molecule has 0 aliphatic carbocycles. The highest BCUT2D eigenvalue weighted by molar-refractivity contribution is 5.93. The van der Waals surface area contributed by atoms with Crippen LogP contribution in [0.15, 0.2) is 29.5 Å². The van der Waals surface area contributed by atoms with Crippen LogP contribution >= 0.6 is 0 Å². The van der Waals surface area contributed by atoms with E-state index in [0.29, 0.717) is 6.42 Å². The van der Waals surface area contributed by atoms with Crippen molar-refractivity contribution < 1.29 is 14.8 Å². The molecule has 4 N–H and O–H groups in total. The van der Waals surface area contributed by atoms with Crippen molar-refractivity contribution in [1.82, 2.24) is 30.5 Å². The van der Waals surface area contributed by atoms with Crippen molar-refractivity contribution in [2.24, 2.45) is 0 Å². The first kappa shape index (κ1) is 15.4. The van der Waals surface area contributed by atoms with Crippen LogP contribution in [0.5, 0.6) is 0 Å². The number of nitrogens with zero attached hydrogens (tertiary/aromatic N) is 3. The summed E-state index contributed by atoms with van der Waals surface area (Å²) >= 11 is 0. The van der Waals surface area contributed by atoms with E-state index in [0.717, 1.165) is 6.20 Å². The van der Waals surface area contributed by atoms with Crippen molar-refractivity contribution >= 4 is 11.8 Å². The maximum absolute atomic E-state index is 11.9. The number of aromatic amines is 1. The number of rotatable bonds is 6. The smallest absolute Gasteiger partial charge is 0.265 e. The topological polar surface area (TPSA) is 142 Å². The maximum atomic E-state index is 11.9. The third-order valence-corrected chi connectivity index (χ3v) is 2.74. The van der Waals surface area contributed by atoms with Gasteiger partial charge in [-0.15, -0.1) is 0 Å². The molecule has 0 fully saturated rings. The lowest BCUT2D eigenvalue weighted by atomic mass is 10.2. The molecule has 0 spiro atoms. The SMILES string of the molecule is O=C(CCCNC(=O)c1cnc(-n2cccn2)[nH]c1=O)NO. The van der Waals surface area contributed by atoms with E-state index in [1.807, 2.05) is 0 Å². The molecule has 0 radical (unpaired) electrons. The number of H-pyrrole nitrogens is 1. The second-order valence-electron chi connectivity index (χ2n) is 4.29. The number of hydrogen-bond acceptors (Lipinski definition) is 6. The van der Waals surface area contributed by atoms with E-state index >= 15 is 0 Å². The van der Waals surface area contributed by atoms with Gasteiger partial charge in [-0.3, -0.25) is 24.6 Å². The van der Waals surface area contributed by atoms with Crippen LogP contribution in [-0.4, -0.2) is 43.3 Å². The second kappa shape index (κ2) is 7.13. The first-order valence-electron chi connectivity index (χ1n) is 6.42. The Morgan fingerprint density at radius 3 is 2.86 bits per heavy atom. The predicted molar refractivity (Wildman–Crippen MR) is 73.5 cm³/mol. The Balaban J connectivity index is 1.96. The van der Waals surface area contributed by atoms with Gasteiger partial charge in [-0.2, -0.15) is 5.10 Å². The van der Waals surface area contributed by atoms with Crippen molar-refractivity contribution in [1.29, 1.82) is 0 Å². The highest BCUT2D eigenvalue weighted by Gasteiger charge is 2.12. The summed E-state index contributed by atoms with van der Waals surface area (Å²) < 4.78 is 1.36. The van der Waals surface area contributed by atoms with Crippen LogP contribution < -0.4 is 16.4 Å². The largest absolute Gasteiger partial charge is 0.352 e. The summed E-state index contributed by atoms with van der Waals surface area (Å²) in [6.45, 7) is 0.187. The Hall–Kier alpha value is -3.01. The van der Waals surface area contributed by atoms with Gasteiger partial charge in [-0.1, -0.05) is 0 Å². The molecule has 0 atom stereocenters. The van der Waals surface area contributed by atoms with Gasteiger partial charge in [0, 0.05) is 31.6 Å². The van der Waals surface area contributed by atoms with Crippen molar-refractivity contribution in [2.45, 2.75) is 12.8 Å². The molecular formula is C12H14N6O4. The lowest BCUT2D eigenvalue weighted by Crippen LogP contribution is -2.31. The first-order valence-corrected chi connectivity index (χ1v) is 6.42. The second-order valence-corrected chi connectivity index (χ2v) is 4.29. The van der Waals surface area contributed by atoms with Crippen molar-refractivity contribution in [3.63, 3.8) is 0 Å². The summed E-state index contributed by atoms with van der Waals surface area (Å²) in [5.74, 6) is -0.936. The highest BCUT2D eigenvalue weighted by atomic mass is 16.5. The minimum absolute atomic E-state index is 0.0592. The van der Waals surface area contributed by atoms with E-state index < -0.39 is 17.4 Å². The zero-order valence-corrected chi connectivity index (χ0v) is 11.4. The maximum Gasteiger partial charge on any atom is 0.265 e. The molecule has 0 saturated heterocycles. The van der Waals surface area contributed by atoms with Gasteiger partial charge in [0.2, 0.25) is 11.9 Å². The zero-order chi connectivity index (χ0) is 15.9. The molecule has 2 aromatic heterocycles. The first-order chi connectivity index (χ1) is 10.6. The quantitative estimate of drug-likeness (QED) is 0.305. The standard InChI is InChI=1S/C12H14N6O4/c19-9(17-22)3-1-4-13-10(20)8-7-14-12(16-11(8)21)18-6-2-5-15-18/h2,5-7,22H,1,3-4H2,(H,13,20)(H,17,19)(H,14,16,21). The molecule has 0 saturated carbocycles. The van der Waals surface area contributed by atoms with Gasteiger partial charge in [-0.05, 0) is 12.5 Å². The van der Waals surface area contributed by atoms with Crippen molar-refractivity contribution in [2.75, 3.05) is 6.54 Å². The summed E-state index contributed by atoms with van der Waals surface area (Å²) in [7, 11) is 0. The Labute approximate surface area is 124 Å². The number of nitrogens with one attached hydrogen (secondary N) is 3. The molecule has 2 amide bonds. The van der Waals surface area contributed by atoms with Crippen LogP contribution in [0.25, 0.3) is 5.95 Å². The van der Waals surface area contributed by atoms with Gasteiger partial charge in [0.05, 0.1) is 0 Å². The Morgan fingerprint density at radius 2 is 2.23 bits per heavy atom. The lowest BCUT2D eigenvalue weighted by Gasteiger charge is -2.05. The zero-order valence-electron chi connectivity index (χ0n) is 11.4. The summed E-state index contributed by atoms with van der Waals surface area (Å²) in [6, 6.07) is 1.67. The van der Waals surface area contributed by atoms with Gasteiger partial charge in [0.1, 0.15) is 5.56 Å². The molecule has 2 aromatic rings. The lowest BCUT2D eigenvalue weighted by molar-refractivity contribution is -0.129. The minimum Gasteiger partial charge on any atom is -0.352 e. The van der Waals surface area contributed by atoms with Crippen molar-refractivity contribution in [3.05, 3.63) is 40.6 Å². The van der Waals surface area contributed by atoms with Crippen LogP contribution in [-0.2, 0) is 4.79 Å². The van der Waals surface area contributed by atoms with Gasteiger partial charge >= 0.3 is 0 Å². The number of hydrogen-bond donors (Lipinski definition) is 4. The van der Waals surface area contributed by atoms with E-state index in [9.17, 15) is 14.4 Å². The summed E-state index contributed by atoms with van der Waals surface area (Å²) in [5, 5.41) is 14.7. The van der Waals surface area contributed by atoms with Crippen LogP contribution in [0.3, 0.4) is 0 Å². The van der Waals surface area contributed by atoms with Crippen LogP contribution in [0.1, 0.15) is 23.2 Å². The molecule has 22 heavy (non-hydrogen) atoms. The summed E-state index contributed by atoms with van der Waals surface area (Å²) in [5.41, 5.74) is 0.760. The molecule has 0 bridgehead atoms. The van der Waals surface area contributed by atoms with Gasteiger partial charge in [0.15, 0.2) is 0 Å². The molecule has 0 unspecified atom stereocenters.